The van der Waals surface area contributed by atoms with Crippen LogP contribution >= 0.6 is 0 Å². The maximum absolute atomic E-state index is 9.68. The zero-order valence-corrected chi connectivity index (χ0v) is 65.1. The Kier molecular flexibility index (Phi) is 15.2. The molecule has 5 heteroatoms. The second kappa shape index (κ2) is 24.9. The molecule has 0 radical (unpaired) electrons. The molecule has 11 aromatic carbocycles. The molecule has 0 N–H and O–H groups in total. The van der Waals surface area contributed by atoms with Crippen LogP contribution in [0.2, 0.25) is 0 Å². The molecule has 4 heterocycles. The lowest BCUT2D eigenvalue weighted by atomic mass is 9.33. The highest BCUT2D eigenvalue weighted by Crippen LogP contribution is 2.56. The summed E-state index contributed by atoms with van der Waals surface area (Å²) in [5.41, 5.74) is 27.7. The fraction of sp³-hybridized carbons (Fsp3) is 0.283. The molecule has 0 saturated heterocycles. The summed E-state index contributed by atoms with van der Waals surface area (Å²) in [4.78, 5) is 10.8. The van der Waals surface area contributed by atoms with E-state index in [1.807, 2.05) is 6.07 Å². The van der Waals surface area contributed by atoms with Crippen molar-refractivity contribution in [1.82, 2.24) is 9.55 Å². The first-order valence-corrected chi connectivity index (χ1v) is 37.4. The minimum atomic E-state index is -0.452. The number of nitrogens with zero attached hydrogens (tertiary/aromatic N) is 4. The Balaban J connectivity index is 1.18. The van der Waals surface area contributed by atoms with E-state index in [2.05, 4.69) is 366 Å². The SMILES string of the molecule is [2H]c1c([2H])c([2H])c(-c2ccc3c(c2)N(c2c(-c4ccccc4)cc(C(C)(C)C)cc2-c2ccccc2)c2cc(C(C)(C)C)cc4c2B3c2ccc(-n3c5ccc(C(C)(C)C)cc5c5cc(C(C)(C)C)ccc53)cc2N4c2c(-c3ccccc3)cc(C(C)(C)C)cc2-c2cc(C(C)(C)C)nc(C(C)(C)C)c2)c([2H])c1[2H]. The molecule has 2 aliphatic heterocycles. The van der Waals surface area contributed by atoms with Crippen LogP contribution in [-0.2, 0) is 37.9 Å². The molecule has 0 aliphatic carbocycles. The van der Waals surface area contributed by atoms with Crippen molar-refractivity contribution in [2.24, 2.45) is 0 Å². The number of pyridine rings is 1. The number of hydrogen-bond acceptors (Lipinski definition) is 3. The summed E-state index contributed by atoms with van der Waals surface area (Å²) >= 11 is 0. The van der Waals surface area contributed by atoms with Crippen LogP contribution in [0.3, 0.4) is 0 Å². The Labute approximate surface area is 628 Å². The highest BCUT2D eigenvalue weighted by Gasteiger charge is 2.47. The maximum atomic E-state index is 9.68. The first-order chi connectivity index (χ1) is 51.1. The topological polar surface area (TPSA) is 24.3 Å². The number of aromatic nitrogens is 2. The van der Waals surface area contributed by atoms with E-state index >= 15 is 0 Å². The molecule has 104 heavy (non-hydrogen) atoms. The molecular weight excluding hydrogens is 1260 g/mol. The standard InChI is InChI=1S/C99H103BN4/c1-93(2,3)68-43-48-82-78(53-68)79-54-69(94(4,5)6)44-49-83(79)102(82)73-45-47-81-85(61-73)104(92-76(65-40-32-25-33-41-65)57-71(96(10,11)12)58-77(92)67-51-88(98(16,17)18)101-89(52-67)99(19,20)21)87-60-72(97(13,14)15)59-86-90(87)100(81)80-46-42-66(62-34-26-22-27-35-62)50-84(80)103(86)91-74(63-36-28-23-29-37-63)55-70(95(7,8)9)56-75(91)64-38-30-24-31-39-64/h22-61H,1-21H3/i22D,26D,27D,34D,35D. The van der Waals surface area contributed by atoms with Crippen molar-refractivity contribution in [1.29, 1.82) is 0 Å². The van der Waals surface area contributed by atoms with E-state index in [9.17, 15) is 5.48 Å². The molecule has 0 atom stereocenters. The van der Waals surface area contributed by atoms with Gasteiger partial charge >= 0.3 is 0 Å². The van der Waals surface area contributed by atoms with Crippen molar-refractivity contribution in [2.75, 3.05) is 9.80 Å². The van der Waals surface area contributed by atoms with Gasteiger partial charge < -0.3 is 14.4 Å². The zero-order valence-electron chi connectivity index (χ0n) is 70.1. The highest BCUT2D eigenvalue weighted by atomic mass is 15.2. The van der Waals surface area contributed by atoms with E-state index in [4.69, 9.17) is 6.35 Å². The molecule has 2 aromatic heterocycles. The third-order valence-corrected chi connectivity index (χ3v) is 21.8. The molecule has 13 aromatic rings. The van der Waals surface area contributed by atoms with Crippen LogP contribution in [0.25, 0.3) is 83.1 Å². The molecule has 15 rings (SSSR count). The zero-order chi connectivity index (χ0) is 78.0. The molecule has 4 nitrogen and oxygen atoms in total. The number of benzene rings is 11. The summed E-state index contributed by atoms with van der Waals surface area (Å²) in [5, 5.41) is 2.41. The van der Waals surface area contributed by atoms with Crippen molar-refractivity contribution in [3.8, 4) is 61.3 Å². The van der Waals surface area contributed by atoms with Gasteiger partial charge in [-0.15, -0.1) is 0 Å². The van der Waals surface area contributed by atoms with E-state index in [1.165, 1.54) is 33.0 Å². The minimum absolute atomic E-state index is 0.106. The summed E-state index contributed by atoms with van der Waals surface area (Å²) in [7, 11) is 0. The monoisotopic (exact) mass is 1360 g/mol. The summed E-state index contributed by atoms with van der Waals surface area (Å²) < 4.78 is 49.0. The third kappa shape index (κ3) is 12.4. The third-order valence-electron chi connectivity index (χ3n) is 21.8. The van der Waals surface area contributed by atoms with E-state index in [-0.39, 0.29) is 62.2 Å². The van der Waals surface area contributed by atoms with Crippen molar-refractivity contribution >= 4 is 79.0 Å². The van der Waals surface area contributed by atoms with Crippen LogP contribution in [0.5, 0.6) is 0 Å². The van der Waals surface area contributed by atoms with E-state index in [0.29, 0.717) is 5.56 Å². The minimum Gasteiger partial charge on any atom is -0.310 e. The molecular formula is C99H103BN4. The van der Waals surface area contributed by atoms with E-state index < -0.39 is 18.2 Å². The quantitative estimate of drug-likeness (QED) is 0.142. The Morgan fingerprint density at radius 3 is 1.07 bits per heavy atom. The van der Waals surface area contributed by atoms with Crippen LogP contribution in [0.4, 0.5) is 34.1 Å². The smallest absolute Gasteiger partial charge is 0.252 e. The van der Waals surface area contributed by atoms with Gasteiger partial charge in [-0.25, -0.2) is 0 Å². The van der Waals surface area contributed by atoms with Gasteiger partial charge in [-0.1, -0.05) is 297 Å². The average Bonchev–Trinajstić information content (AvgIpc) is 0.927. The Morgan fingerprint density at radius 1 is 0.298 bits per heavy atom. The van der Waals surface area contributed by atoms with Crippen molar-refractivity contribution < 1.29 is 6.85 Å². The van der Waals surface area contributed by atoms with E-state index in [0.717, 1.165) is 129 Å². The summed E-state index contributed by atoms with van der Waals surface area (Å²) in [6.45, 7) is 47.9. The lowest BCUT2D eigenvalue weighted by molar-refractivity contribution is 0.531. The van der Waals surface area contributed by atoms with Crippen LogP contribution in [0.15, 0.2) is 243 Å². The summed E-state index contributed by atoms with van der Waals surface area (Å²) in [5.74, 6) is 0. The van der Waals surface area contributed by atoms with Gasteiger partial charge in [0.2, 0.25) is 0 Å². The molecule has 0 bridgehead atoms. The lowest BCUT2D eigenvalue weighted by Crippen LogP contribution is -2.61. The van der Waals surface area contributed by atoms with Crippen molar-refractivity contribution in [2.45, 2.75) is 183 Å². The van der Waals surface area contributed by atoms with Crippen LogP contribution in [-0.4, -0.2) is 16.3 Å². The largest absolute Gasteiger partial charge is 0.310 e. The average molecular weight is 1360 g/mol. The normalized spacial score (nSPS) is 14.2. The Hall–Kier alpha value is -9.97. The number of rotatable bonds is 8. The van der Waals surface area contributed by atoms with Crippen LogP contribution < -0.4 is 26.2 Å². The number of hydrogen-bond donors (Lipinski definition) is 0. The predicted molar refractivity (Wildman–Crippen MR) is 451 cm³/mol. The Bertz CT molecular complexity index is 5650. The number of fused-ring (bicyclic) bond motifs is 7. The molecule has 0 spiro atoms. The van der Waals surface area contributed by atoms with Gasteiger partial charge in [0.15, 0.2) is 0 Å². The van der Waals surface area contributed by atoms with Crippen LogP contribution in [0.1, 0.15) is 191 Å². The van der Waals surface area contributed by atoms with Gasteiger partial charge in [0.25, 0.3) is 6.71 Å². The van der Waals surface area contributed by atoms with E-state index in [1.54, 1.807) is 0 Å². The van der Waals surface area contributed by atoms with Crippen molar-refractivity contribution in [3.63, 3.8) is 0 Å². The second-order valence-corrected chi connectivity index (χ2v) is 36.7. The maximum Gasteiger partial charge on any atom is 0.252 e. The summed E-state index contributed by atoms with van der Waals surface area (Å²) in [6, 6.07) is 78.2. The number of anilines is 6. The van der Waals surface area contributed by atoms with Gasteiger partial charge in [-0.05, 0) is 196 Å². The molecule has 0 fully saturated rings. The lowest BCUT2D eigenvalue weighted by Gasteiger charge is -2.47. The van der Waals surface area contributed by atoms with Gasteiger partial charge in [0.1, 0.15) is 0 Å². The first-order valence-electron chi connectivity index (χ1n) is 39.9. The van der Waals surface area contributed by atoms with Gasteiger partial charge in [0.05, 0.1) is 29.3 Å². The van der Waals surface area contributed by atoms with Crippen LogP contribution in [0, 0.1) is 0 Å². The molecule has 0 amide bonds. The Morgan fingerprint density at radius 2 is 0.673 bits per heavy atom. The summed E-state index contributed by atoms with van der Waals surface area (Å²) in [6.07, 6.45) is 0. The fourth-order valence-corrected chi connectivity index (χ4v) is 15.6. The fourth-order valence-electron chi connectivity index (χ4n) is 15.6. The molecule has 0 saturated carbocycles. The first kappa shape index (κ1) is 63.7. The highest BCUT2D eigenvalue weighted by molar-refractivity contribution is 7.00. The molecule has 522 valence electrons. The van der Waals surface area contributed by atoms with Gasteiger partial charge in [0, 0.05) is 83.7 Å². The van der Waals surface area contributed by atoms with Gasteiger partial charge in [-0.2, -0.15) is 0 Å². The predicted octanol–water partition coefficient (Wildman–Crippen LogP) is 25.7. The van der Waals surface area contributed by atoms with Crippen molar-refractivity contribution in [3.05, 3.63) is 282 Å². The second-order valence-electron chi connectivity index (χ2n) is 36.7. The van der Waals surface area contributed by atoms with Gasteiger partial charge in [-0.3, -0.25) is 4.98 Å². The molecule has 0 unspecified atom stereocenters. The molecule has 2 aliphatic rings.